The molecule has 3 heterocycles. The number of hydrogen-bond donors (Lipinski definition) is 1. The van der Waals surface area contributed by atoms with E-state index < -0.39 is 47.5 Å². The van der Waals surface area contributed by atoms with Gasteiger partial charge in [-0.05, 0) is 49.5 Å². The van der Waals surface area contributed by atoms with Gasteiger partial charge in [0.2, 0.25) is 0 Å². The molecule has 3 aliphatic heterocycles. The van der Waals surface area contributed by atoms with Crippen LogP contribution >= 0.6 is 0 Å². The topological polar surface area (TPSA) is 82.1 Å². The highest BCUT2D eigenvalue weighted by atomic mass is 16.7. The van der Waals surface area contributed by atoms with E-state index in [-0.39, 0.29) is 11.7 Å². The number of fused-ring (bicyclic) bond motifs is 4. The van der Waals surface area contributed by atoms with Crippen molar-refractivity contribution in [2.45, 2.75) is 77.2 Å². The fourth-order valence-electron chi connectivity index (χ4n) is 6.70. The van der Waals surface area contributed by atoms with Crippen molar-refractivity contribution in [3.63, 3.8) is 0 Å². The first-order valence-corrected chi connectivity index (χ1v) is 12.4. The van der Waals surface area contributed by atoms with Crippen LogP contribution in [0.2, 0.25) is 0 Å². The van der Waals surface area contributed by atoms with Crippen molar-refractivity contribution >= 4 is 17.8 Å². The lowest BCUT2D eigenvalue weighted by Crippen LogP contribution is -2.55. The summed E-state index contributed by atoms with van der Waals surface area (Å²) < 4.78 is 18.7. The predicted molar refractivity (Wildman–Crippen MR) is 131 cm³/mol. The first kappa shape index (κ1) is 24.2. The molecule has 4 fully saturated rings. The summed E-state index contributed by atoms with van der Waals surface area (Å²) in [5.74, 6) is -2.11. The Balaban J connectivity index is 1.44. The Labute approximate surface area is 206 Å². The number of ether oxygens (including phenoxy) is 3. The Hall–Kier alpha value is -2.54. The number of benzene rings is 1. The number of ketones is 1. The van der Waals surface area contributed by atoms with Crippen LogP contribution in [0.15, 0.2) is 59.7 Å². The lowest BCUT2D eigenvalue weighted by molar-refractivity contribution is -0.253. The smallest absolute Gasteiger partial charge is 0.331 e. The summed E-state index contributed by atoms with van der Waals surface area (Å²) in [7, 11) is 0. The second-order valence-electron chi connectivity index (χ2n) is 10.9. The molecule has 1 aliphatic carbocycles. The lowest BCUT2D eigenvalue weighted by Gasteiger charge is -2.49. The second kappa shape index (κ2) is 8.54. The van der Waals surface area contributed by atoms with E-state index in [9.17, 15) is 14.7 Å². The average Bonchev–Trinajstić information content (AvgIpc) is 3.30. The number of esters is 1. The molecule has 6 nitrogen and oxygen atoms in total. The molecular formula is C29H34O6. The molecule has 5 rings (SSSR count). The maximum absolute atomic E-state index is 14.1. The van der Waals surface area contributed by atoms with Crippen molar-refractivity contribution in [3.05, 3.63) is 65.3 Å². The molecule has 8 atom stereocenters. The standard InChI is InChI=1S/C29H34O6/c1-16(2)23-18(4)29-15-20(30)25(34-29)24-17(3)21(13-14-28(24,5)27(32)26(23)35-29)33-22(31)12-11-19-9-7-6-8-10-19/h6-12,18,20-21,24-26,30H,3,13-15H2,1-2,4-5H3/b12-11+/t18-,20-,21+,24+,25-,26-,28-,29+/m1/s1. The molecule has 6 heteroatoms. The molecule has 1 N–H and O–H groups in total. The molecule has 1 saturated carbocycles. The van der Waals surface area contributed by atoms with Gasteiger partial charge in [-0.3, -0.25) is 4.79 Å². The summed E-state index contributed by atoms with van der Waals surface area (Å²) >= 11 is 0. The van der Waals surface area contributed by atoms with Gasteiger partial charge in [-0.25, -0.2) is 4.79 Å². The van der Waals surface area contributed by atoms with Crippen LogP contribution in [-0.2, 0) is 23.8 Å². The van der Waals surface area contributed by atoms with Crippen LogP contribution in [-0.4, -0.2) is 47.1 Å². The van der Waals surface area contributed by atoms with Gasteiger partial charge in [-0.15, -0.1) is 0 Å². The van der Waals surface area contributed by atoms with Crippen molar-refractivity contribution in [1.82, 2.24) is 0 Å². The fraction of sp³-hybridized carbons (Fsp3) is 0.517. The minimum Gasteiger partial charge on any atom is -0.455 e. The normalized spacial score (nSPS) is 40.4. The number of aliphatic hydroxyl groups is 1. The maximum atomic E-state index is 14.1. The highest BCUT2D eigenvalue weighted by Crippen LogP contribution is 2.60. The van der Waals surface area contributed by atoms with Crippen molar-refractivity contribution in [1.29, 1.82) is 0 Å². The van der Waals surface area contributed by atoms with E-state index in [2.05, 4.69) is 6.58 Å². The number of carbonyl (C=O) groups excluding carboxylic acids is 2. The van der Waals surface area contributed by atoms with Gasteiger partial charge >= 0.3 is 5.97 Å². The van der Waals surface area contributed by atoms with Crippen LogP contribution in [0.25, 0.3) is 6.08 Å². The molecular weight excluding hydrogens is 444 g/mol. The summed E-state index contributed by atoms with van der Waals surface area (Å²) in [5.41, 5.74) is 2.68. The summed E-state index contributed by atoms with van der Waals surface area (Å²) in [5, 5.41) is 11.2. The van der Waals surface area contributed by atoms with Crippen molar-refractivity contribution in [2.24, 2.45) is 17.3 Å². The quantitative estimate of drug-likeness (QED) is 0.394. The molecule has 1 spiro atoms. The van der Waals surface area contributed by atoms with Crippen LogP contribution in [0.3, 0.4) is 0 Å². The van der Waals surface area contributed by atoms with Gasteiger partial charge < -0.3 is 19.3 Å². The van der Waals surface area contributed by atoms with E-state index >= 15 is 0 Å². The van der Waals surface area contributed by atoms with Gasteiger partial charge in [0.05, 0.1) is 12.2 Å². The molecule has 35 heavy (non-hydrogen) atoms. The number of aliphatic hydroxyl groups excluding tert-OH is 1. The molecule has 3 bridgehead atoms. The number of carbonyl (C=O) groups is 2. The molecule has 1 aromatic carbocycles. The second-order valence-corrected chi connectivity index (χ2v) is 10.9. The summed E-state index contributed by atoms with van der Waals surface area (Å²) in [4.78, 5) is 26.7. The number of rotatable bonds is 3. The van der Waals surface area contributed by atoms with Gasteiger partial charge in [0, 0.05) is 29.7 Å². The Morgan fingerprint density at radius 2 is 1.94 bits per heavy atom. The van der Waals surface area contributed by atoms with Gasteiger partial charge in [-0.1, -0.05) is 56.3 Å². The zero-order chi connectivity index (χ0) is 25.1. The Bertz CT molecular complexity index is 1120. The third-order valence-corrected chi connectivity index (χ3v) is 8.54. The predicted octanol–water partition coefficient (Wildman–Crippen LogP) is 4.38. The first-order valence-electron chi connectivity index (χ1n) is 12.4. The minimum atomic E-state index is -1.03. The fourth-order valence-corrected chi connectivity index (χ4v) is 6.70. The number of allylic oxidation sites excluding steroid dienone is 1. The zero-order valence-electron chi connectivity index (χ0n) is 20.8. The molecule has 0 amide bonds. The summed E-state index contributed by atoms with van der Waals surface area (Å²) in [6, 6.07) is 9.53. The van der Waals surface area contributed by atoms with Gasteiger partial charge in [0.15, 0.2) is 11.6 Å². The van der Waals surface area contributed by atoms with Crippen LogP contribution in [0.4, 0.5) is 0 Å². The SMILES string of the molecule is C=C1[C@@H](OC(=O)/C=C/c2ccccc2)CC[C@@]2(C)C(=O)[C@@H]3O[C@@]4(C[C@@H](O)[C@@H](O4)[C@H]12)[C@H](C)C3=C(C)C. The van der Waals surface area contributed by atoms with E-state index in [0.29, 0.717) is 24.8 Å². The Morgan fingerprint density at radius 1 is 1.23 bits per heavy atom. The monoisotopic (exact) mass is 478 g/mol. The van der Waals surface area contributed by atoms with E-state index in [4.69, 9.17) is 14.2 Å². The lowest BCUT2D eigenvalue weighted by atomic mass is 9.58. The van der Waals surface area contributed by atoms with Crippen LogP contribution < -0.4 is 0 Å². The molecule has 4 aliphatic rings. The molecule has 0 unspecified atom stereocenters. The molecule has 186 valence electrons. The Kier molecular flexibility index (Phi) is 5.90. The maximum Gasteiger partial charge on any atom is 0.331 e. The summed E-state index contributed by atoms with van der Waals surface area (Å²) in [6.07, 6.45) is 1.65. The zero-order valence-corrected chi connectivity index (χ0v) is 20.8. The van der Waals surface area contributed by atoms with Crippen LogP contribution in [0.1, 0.15) is 52.5 Å². The van der Waals surface area contributed by atoms with Crippen LogP contribution in [0, 0.1) is 17.3 Å². The minimum absolute atomic E-state index is 0.00437. The molecule has 3 saturated heterocycles. The average molecular weight is 479 g/mol. The third-order valence-electron chi connectivity index (χ3n) is 8.54. The number of hydrogen-bond acceptors (Lipinski definition) is 6. The number of Topliss-reactive ketones (excluding diaryl/α,β-unsaturated/α-hetero) is 1. The van der Waals surface area contributed by atoms with E-state index in [1.807, 2.05) is 58.0 Å². The van der Waals surface area contributed by atoms with Gasteiger partial charge in [0.1, 0.15) is 12.2 Å². The van der Waals surface area contributed by atoms with Gasteiger partial charge in [-0.2, -0.15) is 0 Å². The largest absolute Gasteiger partial charge is 0.455 e. The molecule has 0 aromatic heterocycles. The van der Waals surface area contributed by atoms with Crippen LogP contribution in [0.5, 0.6) is 0 Å². The van der Waals surface area contributed by atoms with E-state index in [1.165, 1.54) is 6.08 Å². The molecule has 1 aromatic rings. The summed E-state index contributed by atoms with van der Waals surface area (Å²) in [6.45, 7) is 12.2. The third kappa shape index (κ3) is 3.74. The van der Waals surface area contributed by atoms with Crippen molar-refractivity contribution in [3.8, 4) is 0 Å². The van der Waals surface area contributed by atoms with E-state index in [0.717, 1.165) is 16.7 Å². The Morgan fingerprint density at radius 3 is 2.63 bits per heavy atom. The van der Waals surface area contributed by atoms with E-state index in [1.54, 1.807) is 6.08 Å². The highest BCUT2D eigenvalue weighted by Gasteiger charge is 2.68. The first-order chi connectivity index (χ1) is 16.6. The van der Waals surface area contributed by atoms with Crippen molar-refractivity contribution < 1.29 is 28.9 Å². The van der Waals surface area contributed by atoms with Gasteiger partial charge in [0.25, 0.3) is 0 Å². The van der Waals surface area contributed by atoms with Crippen molar-refractivity contribution in [2.75, 3.05) is 0 Å². The highest BCUT2D eigenvalue weighted by molar-refractivity contribution is 5.93. The molecule has 0 radical (unpaired) electrons.